The molecule has 4 heteroatoms. The number of hydrogen-bond donors (Lipinski definition) is 1. The first-order chi connectivity index (χ1) is 6.24. The molecule has 1 N–H and O–H groups in total. The Bertz CT molecular complexity index is 351. The summed E-state index contributed by atoms with van der Waals surface area (Å²) in [6, 6.07) is 5.06. The Morgan fingerprint density at radius 3 is 3.00 bits per heavy atom. The lowest BCUT2D eigenvalue weighted by Crippen LogP contribution is -1.98. The standard InChI is InChI=1S/C9H7ClO3/c10-6-3-1-2-5-8(6)7(4-11)13-9(5)12/h1-4,7,9,12H. The van der Waals surface area contributed by atoms with Crippen molar-refractivity contribution in [3.63, 3.8) is 0 Å². The Morgan fingerprint density at radius 2 is 2.31 bits per heavy atom. The fraction of sp³-hybridized carbons (Fsp3) is 0.222. The number of carbonyl (C=O) groups excluding carboxylic acids is 1. The largest absolute Gasteiger partial charge is 0.364 e. The maximum absolute atomic E-state index is 10.6. The lowest BCUT2D eigenvalue weighted by atomic mass is 10.1. The smallest absolute Gasteiger partial charge is 0.182 e. The van der Waals surface area contributed by atoms with Crippen molar-refractivity contribution in [1.82, 2.24) is 0 Å². The third kappa shape index (κ3) is 1.25. The summed E-state index contributed by atoms with van der Waals surface area (Å²) in [5.41, 5.74) is 1.15. The van der Waals surface area contributed by atoms with E-state index in [4.69, 9.17) is 16.3 Å². The van der Waals surface area contributed by atoms with Gasteiger partial charge in [-0.3, -0.25) is 0 Å². The maximum Gasteiger partial charge on any atom is 0.182 e. The molecule has 2 atom stereocenters. The maximum atomic E-state index is 10.6. The first-order valence-electron chi connectivity index (χ1n) is 3.81. The SMILES string of the molecule is O=CC1OC(O)c2cccc(Cl)c21. The fourth-order valence-corrected chi connectivity index (χ4v) is 1.74. The molecule has 0 saturated carbocycles. The first-order valence-corrected chi connectivity index (χ1v) is 4.19. The number of aliphatic hydroxyl groups is 1. The van der Waals surface area contributed by atoms with Crippen LogP contribution >= 0.6 is 11.6 Å². The molecule has 13 heavy (non-hydrogen) atoms. The second-order valence-corrected chi connectivity index (χ2v) is 3.20. The van der Waals surface area contributed by atoms with E-state index in [1.807, 2.05) is 0 Å². The lowest BCUT2D eigenvalue weighted by Gasteiger charge is -2.02. The summed E-state index contributed by atoms with van der Waals surface area (Å²) >= 11 is 5.86. The minimum atomic E-state index is -1.04. The summed E-state index contributed by atoms with van der Waals surface area (Å²) in [7, 11) is 0. The molecule has 0 aromatic heterocycles. The highest BCUT2D eigenvalue weighted by Gasteiger charge is 2.31. The van der Waals surface area contributed by atoms with Crippen LogP contribution in [-0.2, 0) is 9.53 Å². The zero-order valence-electron chi connectivity index (χ0n) is 6.61. The van der Waals surface area contributed by atoms with E-state index < -0.39 is 12.4 Å². The van der Waals surface area contributed by atoms with E-state index in [2.05, 4.69) is 0 Å². The molecule has 0 radical (unpaired) electrons. The molecular formula is C9H7ClO3. The van der Waals surface area contributed by atoms with Gasteiger partial charge in [0, 0.05) is 16.1 Å². The van der Waals surface area contributed by atoms with Crippen LogP contribution < -0.4 is 0 Å². The van der Waals surface area contributed by atoms with Gasteiger partial charge < -0.3 is 14.6 Å². The molecule has 0 saturated heterocycles. The molecule has 1 aromatic carbocycles. The fourth-order valence-electron chi connectivity index (χ4n) is 1.45. The normalized spacial score (nSPS) is 25.7. The average Bonchev–Trinajstić information content (AvgIpc) is 2.45. The van der Waals surface area contributed by atoms with Gasteiger partial charge in [0.05, 0.1) is 0 Å². The molecule has 1 aliphatic heterocycles. The van der Waals surface area contributed by atoms with Crippen LogP contribution in [0.2, 0.25) is 5.02 Å². The van der Waals surface area contributed by atoms with Crippen molar-refractivity contribution in [2.24, 2.45) is 0 Å². The van der Waals surface area contributed by atoms with Gasteiger partial charge in [0.25, 0.3) is 0 Å². The van der Waals surface area contributed by atoms with Crippen LogP contribution in [0.25, 0.3) is 0 Å². The molecule has 1 aliphatic rings. The van der Waals surface area contributed by atoms with Gasteiger partial charge >= 0.3 is 0 Å². The molecule has 0 amide bonds. The number of hydrogen-bond acceptors (Lipinski definition) is 3. The molecule has 0 spiro atoms. The van der Waals surface area contributed by atoms with Crippen LogP contribution in [0.4, 0.5) is 0 Å². The van der Waals surface area contributed by atoms with E-state index in [1.165, 1.54) is 0 Å². The average molecular weight is 199 g/mol. The van der Waals surface area contributed by atoms with Crippen LogP contribution in [0.1, 0.15) is 23.5 Å². The van der Waals surface area contributed by atoms with Gasteiger partial charge in [0.15, 0.2) is 12.6 Å². The first kappa shape index (κ1) is 8.69. The number of fused-ring (bicyclic) bond motifs is 1. The highest BCUT2D eigenvalue weighted by Crippen LogP contribution is 2.40. The molecule has 2 unspecified atom stereocenters. The van der Waals surface area contributed by atoms with Crippen molar-refractivity contribution in [1.29, 1.82) is 0 Å². The molecule has 2 rings (SSSR count). The van der Waals surface area contributed by atoms with Crippen LogP contribution in [0.15, 0.2) is 18.2 Å². The van der Waals surface area contributed by atoms with Gasteiger partial charge in [-0.25, -0.2) is 0 Å². The molecule has 0 bridgehead atoms. The van der Waals surface area contributed by atoms with Gasteiger partial charge in [-0.05, 0) is 6.07 Å². The minimum absolute atomic E-state index is 0.450. The van der Waals surface area contributed by atoms with Crippen LogP contribution in [0.3, 0.4) is 0 Å². The molecule has 1 heterocycles. The van der Waals surface area contributed by atoms with E-state index in [0.29, 0.717) is 22.4 Å². The van der Waals surface area contributed by atoms with Crippen molar-refractivity contribution in [2.75, 3.05) is 0 Å². The number of benzene rings is 1. The van der Waals surface area contributed by atoms with Gasteiger partial charge in [-0.15, -0.1) is 0 Å². The summed E-state index contributed by atoms with van der Waals surface area (Å²) in [4.78, 5) is 10.6. The van der Waals surface area contributed by atoms with Crippen molar-refractivity contribution in [3.8, 4) is 0 Å². The lowest BCUT2D eigenvalue weighted by molar-refractivity contribution is -0.141. The van der Waals surface area contributed by atoms with Gasteiger partial charge in [-0.1, -0.05) is 23.7 Å². The molecule has 3 nitrogen and oxygen atoms in total. The zero-order chi connectivity index (χ0) is 9.42. The van der Waals surface area contributed by atoms with Gasteiger partial charge in [0.1, 0.15) is 6.10 Å². The van der Waals surface area contributed by atoms with E-state index in [1.54, 1.807) is 18.2 Å². The molecule has 0 fully saturated rings. The van der Waals surface area contributed by atoms with E-state index in [0.717, 1.165) is 0 Å². The molecule has 68 valence electrons. The molecular weight excluding hydrogens is 192 g/mol. The second kappa shape index (κ2) is 3.10. The third-order valence-corrected chi connectivity index (χ3v) is 2.37. The van der Waals surface area contributed by atoms with Gasteiger partial charge in [0.2, 0.25) is 0 Å². The Hall–Kier alpha value is -0.900. The predicted molar refractivity (Wildman–Crippen MR) is 46.3 cm³/mol. The van der Waals surface area contributed by atoms with Gasteiger partial charge in [-0.2, -0.15) is 0 Å². The number of rotatable bonds is 1. The Kier molecular flexibility index (Phi) is 2.07. The number of halogens is 1. The third-order valence-electron chi connectivity index (χ3n) is 2.04. The highest BCUT2D eigenvalue weighted by molar-refractivity contribution is 6.31. The molecule has 1 aromatic rings. The summed E-state index contributed by atoms with van der Waals surface area (Å²) in [6.45, 7) is 0. The topological polar surface area (TPSA) is 46.5 Å². The predicted octanol–water partition coefficient (Wildman–Crippen LogP) is 1.60. The number of aldehydes is 1. The van der Waals surface area contributed by atoms with Crippen molar-refractivity contribution >= 4 is 17.9 Å². The summed E-state index contributed by atoms with van der Waals surface area (Å²) in [5.74, 6) is 0. The van der Waals surface area contributed by atoms with Crippen molar-refractivity contribution in [2.45, 2.75) is 12.4 Å². The molecule has 0 aliphatic carbocycles. The number of ether oxygens (including phenoxy) is 1. The van der Waals surface area contributed by atoms with Crippen LogP contribution in [0.5, 0.6) is 0 Å². The second-order valence-electron chi connectivity index (χ2n) is 2.79. The zero-order valence-corrected chi connectivity index (χ0v) is 7.36. The summed E-state index contributed by atoms with van der Waals surface area (Å²) < 4.78 is 4.96. The van der Waals surface area contributed by atoms with E-state index >= 15 is 0 Å². The quantitative estimate of drug-likeness (QED) is 0.698. The monoisotopic (exact) mass is 198 g/mol. The summed E-state index contributed by atoms with van der Waals surface area (Å²) in [5, 5.41) is 9.82. The Morgan fingerprint density at radius 1 is 1.54 bits per heavy atom. The number of aliphatic hydroxyl groups excluding tert-OH is 1. The Balaban J connectivity index is 2.58. The minimum Gasteiger partial charge on any atom is -0.364 e. The van der Waals surface area contributed by atoms with Crippen LogP contribution in [0, 0.1) is 0 Å². The van der Waals surface area contributed by atoms with E-state index in [-0.39, 0.29) is 0 Å². The van der Waals surface area contributed by atoms with Crippen molar-refractivity contribution < 1.29 is 14.6 Å². The Labute approximate surface area is 79.9 Å². The van der Waals surface area contributed by atoms with E-state index in [9.17, 15) is 9.90 Å². The van der Waals surface area contributed by atoms with Crippen molar-refractivity contribution in [3.05, 3.63) is 34.3 Å². The summed E-state index contributed by atoms with van der Waals surface area (Å²) in [6.07, 6.45) is -1.15. The van der Waals surface area contributed by atoms with Crippen LogP contribution in [-0.4, -0.2) is 11.4 Å². The number of carbonyl (C=O) groups is 1. The highest BCUT2D eigenvalue weighted by atomic mass is 35.5.